The quantitative estimate of drug-likeness (QED) is 0.887. The largest absolute Gasteiger partial charge is 0.494 e. The van der Waals surface area contributed by atoms with Crippen molar-refractivity contribution in [3.63, 3.8) is 0 Å². The Morgan fingerprint density at radius 1 is 1.30 bits per heavy atom. The van der Waals surface area contributed by atoms with Crippen LogP contribution < -0.4 is 10.1 Å². The predicted molar refractivity (Wildman–Crippen MR) is 76.5 cm³/mol. The Balaban J connectivity index is 1.49. The van der Waals surface area contributed by atoms with Crippen LogP contribution in [0.2, 0.25) is 0 Å². The SMILES string of the molecule is COc1ccc(CN2CC(N3CCNCC3)C2)cc1F. The summed E-state index contributed by atoms with van der Waals surface area (Å²) in [6.07, 6.45) is 0. The number of hydrogen-bond acceptors (Lipinski definition) is 4. The molecule has 2 heterocycles. The van der Waals surface area contributed by atoms with E-state index < -0.39 is 0 Å². The van der Waals surface area contributed by atoms with Crippen molar-refractivity contribution in [1.29, 1.82) is 0 Å². The van der Waals surface area contributed by atoms with Crippen molar-refractivity contribution in [3.8, 4) is 5.75 Å². The Morgan fingerprint density at radius 2 is 2.05 bits per heavy atom. The van der Waals surface area contributed by atoms with Crippen LogP contribution in [0.4, 0.5) is 4.39 Å². The molecule has 3 rings (SSSR count). The maximum atomic E-state index is 13.6. The normalized spacial score (nSPS) is 21.7. The molecule has 0 radical (unpaired) electrons. The molecule has 4 nitrogen and oxygen atoms in total. The van der Waals surface area contributed by atoms with E-state index in [2.05, 4.69) is 15.1 Å². The molecule has 1 N–H and O–H groups in total. The predicted octanol–water partition coefficient (Wildman–Crippen LogP) is 0.924. The number of ether oxygens (including phenoxy) is 1. The summed E-state index contributed by atoms with van der Waals surface area (Å²) in [5.41, 5.74) is 1.02. The van der Waals surface area contributed by atoms with Gasteiger partial charge in [-0.05, 0) is 17.7 Å². The lowest BCUT2D eigenvalue weighted by atomic mass is 10.0. The van der Waals surface area contributed by atoms with Crippen LogP contribution in [0.3, 0.4) is 0 Å². The molecular weight excluding hydrogens is 257 g/mol. The van der Waals surface area contributed by atoms with E-state index in [-0.39, 0.29) is 5.82 Å². The van der Waals surface area contributed by atoms with Crippen LogP contribution in [0.15, 0.2) is 18.2 Å². The van der Waals surface area contributed by atoms with Gasteiger partial charge in [0.2, 0.25) is 0 Å². The van der Waals surface area contributed by atoms with E-state index >= 15 is 0 Å². The molecule has 1 aromatic rings. The lowest BCUT2D eigenvalue weighted by Gasteiger charge is -2.46. The number of halogens is 1. The first-order valence-electron chi connectivity index (χ1n) is 7.26. The molecule has 0 aliphatic carbocycles. The lowest BCUT2D eigenvalue weighted by Crippen LogP contribution is -2.62. The van der Waals surface area contributed by atoms with Gasteiger partial charge in [-0.25, -0.2) is 4.39 Å². The van der Waals surface area contributed by atoms with Gasteiger partial charge in [0.1, 0.15) is 0 Å². The van der Waals surface area contributed by atoms with Crippen LogP contribution in [0.5, 0.6) is 5.75 Å². The highest BCUT2D eigenvalue weighted by Gasteiger charge is 2.32. The van der Waals surface area contributed by atoms with Gasteiger partial charge in [0.25, 0.3) is 0 Å². The van der Waals surface area contributed by atoms with E-state index in [0.717, 1.165) is 51.4 Å². The molecule has 0 amide bonds. The second kappa shape index (κ2) is 6.08. The molecule has 110 valence electrons. The third-order valence-electron chi connectivity index (χ3n) is 4.23. The molecule has 0 aromatic heterocycles. The highest BCUT2D eigenvalue weighted by molar-refractivity contribution is 5.29. The van der Waals surface area contributed by atoms with Gasteiger partial charge in [0, 0.05) is 51.9 Å². The minimum Gasteiger partial charge on any atom is -0.494 e. The van der Waals surface area contributed by atoms with Crippen molar-refractivity contribution in [1.82, 2.24) is 15.1 Å². The highest BCUT2D eigenvalue weighted by Crippen LogP contribution is 2.22. The molecular formula is C15H22FN3O. The van der Waals surface area contributed by atoms with Crippen molar-refractivity contribution in [3.05, 3.63) is 29.6 Å². The van der Waals surface area contributed by atoms with E-state index in [1.165, 1.54) is 7.11 Å². The molecule has 0 saturated carbocycles. The molecule has 5 heteroatoms. The minimum atomic E-state index is -0.274. The van der Waals surface area contributed by atoms with E-state index in [9.17, 15) is 4.39 Å². The van der Waals surface area contributed by atoms with Crippen molar-refractivity contribution in [2.45, 2.75) is 12.6 Å². The fourth-order valence-corrected chi connectivity index (χ4v) is 3.02. The van der Waals surface area contributed by atoms with E-state index in [1.807, 2.05) is 6.07 Å². The van der Waals surface area contributed by atoms with Gasteiger partial charge in [0.05, 0.1) is 7.11 Å². The van der Waals surface area contributed by atoms with E-state index in [1.54, 1.807) is 12.1 Å². The Morgan fingerprint density at radius 3 is 2.70 bits per heavy atom. The zero-order chi connectivity index (χ0) is 13.9. The van der Waals surface area contributed by atoms with E-state index in [4.69, 9.17) is 4.74 Å². The first-order valence-corrected chi connectivity index (χ1v) is 7.26. The summed E-state index contributed by atoms with van der Waals surface area (Å²) in [6, 6.07) is 5.91. The number of nitrogens with one attached hydrogen (secondary N) is 1. The summed E-state index contributed by atoms with van der Waals surface area (Å²) < 4.78 is 18.6. The Labute approximate surface area is 119 Å². The number of rotatable bonds is 4. The monoisotopic (exact) mass is 279 g/mol. The van der Waals surface area contributed by atoms with Crippen molar-refractivity contribution in [2.24, 2.45) is 0 Å². The van der Waals surface area contributed by atoms with Crippen LogP contribution in [0, 0.1) is 5.82 Å². The molecule has 2 aliphatic heterocycles. The Bertz CT molecular complexity index is 456. The second-order valence-corrected chi connectivity index (χ2v) is 5.60. The molecule has 2 saturated heterocycles. The third-order valence-corrected chi connectivity index (χ3v) is 4.23. The van der Waals surface area contributed by atoms with E-state index in [0.29, 0.717) is 11.8 Å². The van der Waals surface area contributed by atoms with Gasteiger partial charge in [-0.1, -0.05) is 6.07 Å². The van der Waals surface area contributed by atoms with Crippen LogP contribution >= 0.6 is 0 Å². The number of hydrogen-bond donors (Lipinski definition) is 1. The van der Waals surface area contributed by atoms with Gasteiger partial charge >= 0.3 is 0 Å². The summed E-state index contributed by atoms with van der Waals surface area (Å²) >= 11 is 0. The summed E-state index contributed by atoms with van der Waals surface area (Å²) in [4.78, 5) is 4.93. The average Bonchev–Trinajstić information content (AvgIpc) is 2.43. The number of nitrogens with zero attached hydrogens (tertiary/aromatic N) is 2. The Hall–Kier alpha value is -1.17. The van der Waals surface area contributed by atoms with Gasteiger partial charge < -0.3 is 10.1 Å². The second-order valence-electron chi connectivity index (χ2n) is 5.60. The topological polar surface area (TPSA) is 27.7 Å². The zero-order valence-corrected chi connectivity index (χ0v) is 11.9. The molecule has 2 aliphatic rings. The molecule has 0 bridgehead atoms. The molecule has 0 unspecified atom stereocenters. The van der Waals surface area contributed by atoms with Crippen molar-refractivity contribution >= 4 is 0 Å². The first kappa shape index (κ1) is 13.8. The van der Waals surface area contributed by atoms with Crippen molar-refractivity contribution in [2.75, 3.05) is 46.4 Å². The molecule has 1 aromatic carbocycles. The fourth-order valence-electron chi connectivity index (χ4n) is 3.02. The maximum Gasteiger partial charge on any atom is 0.165 e. The third kappa shape index (κ3) is 2.95. The van der Waals surface area contributed by atoms with Gasteiger partial charge in [-0.3, -0.25) is 9.80 Å². The highest BCUT2D eigenvalue weighted by atomic mass is 19.1. The standard InChI is InChI=1S/C15H22FN3O/c1-20-15-3-2-12(8-14(15)16)9-18-10-13(11-18)19-6-4-17-5-7-19/h2-3,8,13,17H,4-7,9-11H2,1H3. The van der Waals surface area contributed by atoms with Gasteiger partial charge in [-0.2, -0.15) is 0 Å². The van der Waals surface area contributed by atoms with Gasteiger partial charge in [0.15, 0.2) is 11.6 Å². The fraction of sp³-hybridized carbons (Fsp3) is 0.600. The molecule has 0 atom stereocenters. The summed E-state index contributed by atoms with van der Waals surface area (Å²) in [6.45, 7) is 7.50. The van der Waals surface area contributed by atoms with Crippen LogP contribution in [0.25, 0.3) is 0 Å². The Kier molecular flexibility index (Phi) is 4.19. The number of likely N-dealkylation sites (tertiary alicyclic amines) is 1. The molecule has 2 fully saturated rings. The number of methoxy groups -OCH3 is 1. The number of piperazine rings is 1. The summed E-state index contributed by atoms with van der Waals surface area (Å²) in [5, 5.41) is 3.38. The smallest absolute Gasteiger partial charge is 0.165 e. The molecule has 0 spiro atoms. The molecule has 20 heavy (non-hydrogen) atoms. The lowest BCUT2D eigenvalue weighted by molar-refractivity contribution is 0.0222. The maximum absolute atomic E-state index is 13.6. The van der Waals surface area contributed by atoms with Crippen LogP contribution in [0.1, 0.15) is 5.56 Å². The van der Waals surface area contributed by atoms with Crippen LogP contribution in [-0.4, -0.2) is 62.2 Å². The average molecular weight is 279 g/mol. The minimum absolute atomic E-state index is 0.274. The van der Waals surface area contributed by atoms with Crippen LogP contribution in [-0.2, 0) is 6.54 Å². The zero-order valence-electron chi connectivity index (χ0n) is 11.9. The summed E-state index contributed by atoms with van der Waals surface area (Å²) in [5.74, 6) is 0.0419. The first-order chi connectivity index (χ1) is 9.76. The van der Waals surface area contributed by atoms with Gasteiger partial charge in [-0.15, -0.1) is 0 Å². The van der Waals surface area contributed by atoms with Crippen molar-refractivity contribution < 1.29 is 9.13 Å². The number of benzene rings is 1. The summed E-state index contributed by atoms with van der Waals surface area (Å²) in [7, 11) is 1.49.